The van der Waals surface area contributed by atoms with E-state index in [1.165, 1.54) is 6.08 Å². The summed E-state index contributed by atoms with van der Waals surface area (Å²) in [6.45, 7) is 5.05. The molecule has 5 heteroatoms. The molecule has 1 saturated heterocycles. The van der Waals surface area contributed by atoms with Gasteiger partial charge >= 0.3 is 0 Å². The van der Waals surface area contributed by atoms with E-state index in [-0.39, 0.29) is 17.7 Å². The second kappa shape index (κ2) is 8.81. The van der Waals surface area contributed by atoms with E-state index in [0.29, 0.717) is 22.7 Å². The number of benzene rings is 1. The van der Waals surface area contributed by atoms with Gasteiger partial charge in [0.05, 0.1) is 0 Å². The Kier molecular flexibility index (Phi) is 6.76. The van der Waals surface area contributed by atoms with Gasteiger partial charge in [-0.05, 0) is 55.2 Å². The summed E-state index contributed by atoms with van der Waals surface area (Å²) < 4.78 is 14.2. The molecule has 0 unspecified atom stereocenters. The first-order valence-corrected chi connectivity index (χ1v) is 8.28. The van der Waals surface area contributed by atoms with Gasteiger partial charge in [-0.2, -0.15) is 0 Å². The van der Waals surface area contributed by atoms with Crippen molar-refractivity contribution >= 4 is 18.0 Å². The van der Waals surface area contributed by atoms with Crippen LogP contribution in [0, 0.1) is 5.92 Å². The fraction of sp³-hybridized carbons (Fsp3) is 0.316. The number of hydrogen-bond acceptors (Lipinski definition) is 2. The van der Waals surface area contributed by atoms with Gasteiger partial charge in [-0.25, -0.2) is 4.39 Å². The van der Waals surface area contributed by atoms with E-state index in [2.05, 4.69) is 16.7 Å². The highest BCUT2D eigenvalue weighted by Gasteiger charge is 2.26. The highest BCUT2D eigenvalue weighted by atomic mass is 35.5. The number of carbonyl (C=O) groups is 1. The zero-order valence-corrected chi connectivity index (χ0v) is 14.6. The van der Waals surface area contributed by atoms with Gasteiger partial charge in [0.15, 0.2) is 0 Å². The van der Waals surface area contributed by atoms with Crippen LogP contribution in [0.2, 0.25) is 5.02 Å². The van der Waals surface area contributed by atoms with Crippen LogP contribution in [0.1, 0.15) is 25.3 Å². The number of amides is 1. The number of rotatable bonds is 6. The third kappa shape index (κ3) is 5.05. The maximum absolute atomic E-state index is 14.2. The Morgan fingerprint density at radius 2 is 2.17 bits per heavy atom. The van der Waals surface area contributed by atoms with Gasteiger partial charge in [-0.1, -0.05) is 29.8 Å². The highest BCUT2D eigenvalue weighted by Crippen LogP contribution is 2.31. The average Bonchev–Trinajstić information content (AvgIpc) is 3.01. The first-order chi connectivity index (χ1) is 11.5. The molecular formula is C19H22ClFN2O. The van der Waals surface area contributed by atoms with Gasteiger partial charge in [0, 0.05) is 29.7 Å². The minimum absolute atomic E-state index is 0.209. The Morgan fingerprint density at radius 1 is 1.38 bits per heavy atom. The average molecular weight is 349 g/mol. The molecular weight excluding hydrogens is 327 g/mol. The number of allylic oxidation sites excluding steroid dienone is 5. The summed E-state index contributed by atoms with van der Waals surface area (Å²) in [5.41, 5.74) is 2.24. The van der Waals surface area contributed by atoms with Crippen molar-refractivity contribution in [1.82, 2.24) is 10.6 Å². The number of hydrogen-bond donors (Lipinski definition) is 2. The lowest BCUT2D eigenvalue weighted by molar-refractivity contribution is -0.108. The predicted molar refractivity (Wildman–Crippen MR) is 96.5 cm³/mol. The quantitative estimate of drug-likeness (QED) is 0.600. The molecule has 0 aromatic heterocycles. The minimum atomic E-state index is -0.307. The number of halogens is 2. The fourth-order valence-electron chi connectivity index (χ4n) is 2.87. The van der Waals surface area contributed by atoms with E-state index in [9.17, 15) is 9.18 Å². The van der Waals surface area contributed by atoms with Crippen molar-refractivity contribution in [2.24, 2.45) is 5.92 Å². The Labute approximate surface area is 147 Å². The van der Waals surface area contributed by atoms with Gasteiger partial charge in [0.25, 0.3) is 0 Å². The summed E-state index contributed by atoms with van der Waals surface area (Å²) in [7, 11) is 0. The van der Waals surface area contributed by atoms with Crippen molar-refractivity contribution in [3.63, 3.8) is 0 Å². The van der Waals surface area contributed by atoms with Crippen LogP contribution < -0.4 is 10.6 Å². The van der Waals surface area contributed by atoms with E-state index in [1.54, 1.807) is 19.9 Å². The van der Waals surface area contributed by atoms with Crippen LogP contribution in [0.4, 0.5) is 4.39 Å². The van der Waals surface area contributed by atoms with Crippen LogP contribution in [0.3, 0.4) is 0 Å². The summed E-state index contributed by atoms with van der Waals surface area (Å²) in [5, 5.41) is 6.56. The SMILES string of the molecule is C\C(=C/C(C)=C(F)\C=C\[C@@H]1CNC[C@@H]1c1cccc(Cl)c1)NC=O. The van der Waals surface area contributed by atoms with Gasteiger partial charge in [0.1, 0.15) is 5.83 Å². The lowest BCUT2D eigenvalue weighted by Gasteiger charge is -2.15. The predicted octanol–water partition coefficient (Wildman–Crippen LogP) is 4.09. The van der Waals surface area contributed by atoms with Crippen LogP contribution in [0.5, 0.6) is 0 Å². The molecule has 0 saturated carbocycles. The van der Waals surface area contributed by atoms with Crippen molar-refractivity contribution in [1.29, 1.82) is 0 Å². The molecule has 3 nitrogen and oxygen atoms in total. The molecule has 2 rings (SSSR count). The molecule has 128 valence electrons. The maximum atomic E-state index is 14.2. The monoisotopic (exact) mass is 348 g/mol. The lowest BCUT2D eigenvalue weighted by atomic mass is 9.88. The summed E-state index contributed by atoms with van der Waals surface area (Å²) in [4.78, 5) is 10.4. The van der Waals surface area contributed by atoms with E-state index in [0.717, 1.165) is 18.7 Å². The van der Waals surface area contributed by atoms with Gasteiger partial charge < -0.3 is 10.6 Å². The second-order valence-corrected chi connectivity index (χ2v) is 6.40. The molecule has 2 N–H and O–H groups in total. The summed E-state index contributed by atoms with van der Waals surface area (Å²) >= 11 is 6.07. The Morgan fingerprint density at radius 3 is 2.88 bits per heavy atom. The van der Waals surface area contributed by atoms with Gasteiger partial charge in [0.2, 0.25) is 6.41 Å². The van der Waals surface area contributed by atoms with E-state index in [4.69, 9.17) is 11.6 Å². The van der Waals surface area contributed by atoms with E-state index >= 15 is 0 Å². The Balaban J connectivity index is 2.12. The first-order valence-electron chi connectivity index (χ1n) is 7.90. The van der Waals surface area contributed by atoms with Gasteiger partial charge in [-0.3, -0.25) is 4.79 Å². The first kappa shape index (κ1) is 18.4. The van der Waals surface area contributed by atoms with Crippen molar-refractivity contribution in [2.45, 2.75) is 19.8 Å². The van der Waals surface area contributed by atoms with Crippen LogP contribution in [0.25, 0.3) is 0 Å². The zero-order valence-electron chi connectivity index (χ0n) is 13.9. The van der Waals surface area contributed by atoms with Crippen molar-refractivity contribution < 1.29 is 9.18 Å². The maximum Gasteiger partial charge on any atom is 0.211 e. The lowest BCUT2D eigenvalue weighted by Crippen LogP contribution is -2.08. The molecule has 0 radical (unpaired) electrons. The standard InChI is InChI=1S/C19H22ClFN2O/c1-13(8-14(2)23-12-24)19(21)7-6-16-10-22-11-18(16)15-4-3-5-17(20)9-15/h3-9,12,16,18,22H,10-11H2,1-2H3,(H,23,24)/b7-6+,14-8+,19-13+/t16-,18-/m1/s1. The molecule has 1 aromatic carbocycles. The summed E-state index contributed by atoms with van der Waals surface area (Å²) in [6, 6.07) is 7.81. The Hall–Kier alpha value is -1.91. The molecule has 0 spiro atoms. The normalized spacial score (nSPS) is 22.6. The highest BCUT2D eigenvalue weighted by molar-refractivity contribution is 6.30. The van der Waals surface area contributed by atoms with Crippen molar-refractivity contribution in [2.75, 3.05) is 13.1 Å². The fourth-order valence-corrected chi connectivity index (χ4v) is 3.07. The molecule has 24 heavy (non-hydrogen) atoms. The van der Waals surface area contributed by atoms with Crippen molar-refractivity contribution in [3.05, 3.63) is 70.2 Å². The van der Waals surface area contributed by atoms with Crippen LogP contribution in [-0.2, 0) is 4.79 Å². The summed E-state index contributed by atoms with van der Waals surface area (Å²) in [6.07, 6.45) is 5.60. The molecule has 1 amide bonds. The van der Waals surface area contributed by atoms with E-state index < -0.39 is 0 Å². The van der Waals surface area contributed by atoms with Crippen LogP contribution in [-0.4, -0.2) is 19.5 Å². The topological polar surface area (TPSA) is 41.1 Å². The summed E-state index contributed by atoms with van der Waals surface area (Å²) in [5.74, 6) is 0.182. The molecule has 0 aliphatic carbocycles. The molecule has 1 aromatic rings. The molecule has 1 aliphatic rings. The zero-order chi connectivity index (χ0) is 17.5. The van der Waals surface area contributed by atoms with E-state index in [1.807, 2.05) is 24.3 Å². The largest absolute Gasteiger partial charge is 0.333 e. The molecule has 0 bridgehead atoms. The van der Waals surface area contributed by atoms with Crippen molar-refractivity contribution in [3.8, 4) is 0 Å². The van der Waals surface area contributed by atoms with Crippen LogP contribution in [0.15, 0.2) is 59.6 Å². The Bertz CT molecular complexity index is 682. The van der Waals surface area contributed by atoms with Crippen LogP contribution >= 0.6 is 11.6 Å². The molecule has 1 fully saturated rings. The molecule has 2 atom stereocenters. The second-order valence-electron chi connectivity index (χ2n) is 5.96. The third-order valence-electron chi connectivity index (χ3n) is 4.12. The number of carbonyl (C=O) groups excluding carboxylic acids is 1. The number of nitrogens with one attached hydrogen (secondary N) is 2. The minimum Gasteiger partial charge on any atom is -0.333 e. The smallest absolute Gasteiger partial charge is 0.211 e. The molecule has 1 heterocycles. The third-order valence-corrected chi connectivity index (χ3v) is 4.36. The molecule has 1 aliphatic heterocycles. The van der Waals surface area contributed by atoms with Gasteiger partial charge in [-0.15, -0.1) is 0 Å².